The van der Waals surface area contributed by atoms with E-state index in [9.17, 15) is 9.90 Å². The Morgan fingerprint density at radius 2 is 1.87 bits per heavy atom. The molecule has 3 aromatic rings. The van der Waals surface area contributed by atoms with Crippen LogP contribution in [0.5, 0.6) is 0 Å². The third-order valence-corrected chi connectivity index (χ3v) is 7.12. The number of carbonyl (C=O) groups is 1. The minimum atomic E-state index is -0.628. The summed E-state index contributed by atoms with van der Waals surface area (Å²) in [6, 6.07) is 13.4. The summed E-state index contributed by atoms with van der Waals surface area (Å²) in [7, 11) is 0. The van der Waals surface area contributed by atoms with Gasteiger partial charge in [-0.1, -0.05) is 6.07 Å². The number of amides is 1. The first-order valence-corrected chi connectivity index (χ1v) is 12.5. The second-order valence-corrected chi connectivity index (χ2v) is 9.55. The average Bonchev–Trinajstić information content (AvgIpc) is 2.82. The fourth-order valence-corrected chi connectivity index (χ4v) is 5.04. The van der Waals surface area contributed by atoms with Crippen molar-refractivity contribution < 1.29 is 9.90 Å². The molecular weight excluding hydrogens is 428 g/mol. The molecule has 4 rings (SSSR count). The molecule has 0 bridgehead atoms. The molecule has 0 aliphatic carbocycles. The van der Waals surface area contributed by atoms with Crippen molar-refractivity contribution in [2.24, 2.45) is 0 Å². The summed E-state index contributed by atoms with van der Waals surface area (Å²) in [6.45, 7) is 1.20. The molecule has 2 heterocycles. The number of likely N-dealkylation sites (tertiary alicyclic amines) is 1. The van der Waals surface area contributed by atoms with Crippen molar-refractivity contribution in [1.82, 2.24) is 14.9 Å². The number of piperidine rings is 1. The van der Waals surface area contributed by atoms with Crippen LogP contribution in [0, 0.1) is 0 Å². The van der Waals surface area contributed by atoms with Crippen LogP contribution in [0.4, 0.5) is 5.69 Å². The molecule has 1 aliphatic heterocycles. The van der Waals surface area contributed by atoms with Gasteiger partial charge >= 0.3 is 0 Å². The molecule has 6 nitrogen and oxygen atoms in total. The van der Waals surface area contributed by atoms with E-state index in [0.29, 0.717) is 31.5 Å². The predicted molar refractivity (Wildman–Crippen MR) is 129 cm³/mol. The fourth-order valence-electron chi connectivity index (χ4n) is 3.69. The molecule has 8 heteroatoms. The SMILES string of the molecule is CSCCC1(O)CCN(C(=O)c2ccc(NSc3cccc4nccnc34)cc2)CC1. The van der Waals surface area contributed by atoms with Crippen LogP contribution in [-0.4, -0.2) is 56.6 Å². The number of rotatable bonds is 7. The quantitative estimate of drug-likeness (QED) is 0.510. The van der Waals surface area contributed by atoms with Gasteiger partial charge in [-0.2, -0.15) is 11.8 Å². The van der Waals surface area contributed by atoms with E-state index < -0.39 is 5.60 Å². The van der Waals surface area contributed by atoms with E-state index in [1.807, 2.05) is 47.4 Å². The van der Waals surface area contributed by atoms with Crippen molar-refractivity contribution in [2.45, 2.75) is 29.8 Å². The van der Waals surface area contributed by atoms with Crippen LogP contribution in [0.25, 0.3) is 11.0 Å². The zero-order valence-corrected chi connectivity index (χ0v) is 19.1. The van der Waals surface area contributed by atoms with Gasteiger partial charge in [-0.3, -0.25) is 14.8 Å². The van der Waals surface area contributed by atoms with Crippen molar-refractivity contribution in [3.8, 4) is 0 Å². The minimum absolute atomic E-state index is 0.0236. The number of aliphatic hydroxyl groups is 1. The monoisotopic (exact) mass is 454 g/mol. The average molecular weight is 455 g/mol. The van der Waals surface area contributed by atoms with E-state index in [-0.39, 0.29) is 5.91 Å². The standard InChI is InChI=1S/C23H26N4O2S2/c1-30-16-11-23(29)9-14-27(15-10-23)22(28)17-5-7-18(8-6-17)26-31-20-4-2-3-19-21(20)25-13-12-24-19/h2-8,12-13,26,29H,9-11,14-16H2,1H3. The van der Waals surface area contributed by atoms with Crippen LogP contribution < -0.4 is 4.72 Å². The number of carbonyl (C=O) groups excluding carboxylic acids is 1. The number of para-hydroxylation sites is 1. The summed E-state index contributed by atoms with van der Waals surface area (Å²) in [5.41, 5.74) is 2.67. The molecule has 0 radical (unpaired) electrons. The maximum atomic E-state index is 12.9. The zero-order chi connectivity index (χ0) is 21.7. The predicted octanol–water partition coefficient (Wildman–Crippen LogP) is 4.47. The lowest BCUT2D eigenvalue weighted by Gasteiger charge is -2.38. The highest BCUT2D eigenvalue weighted by Gasteiger charge is 2.33. The topological polar surface area (TPSA) is 78.4 Å². The highest BCUT2D eigenvalue weighted by Crippen LogP contribution is 2.29. The van der Waals surface area contributed by atoms with Gasteiger partial charge in [0.05, 0.1) is 16.0 Å². The molecule has 0 atom stereocenters. The molecule has 2 aromatic carbocycles. The maximum absolute atomic E-state index is 12.9. The van der Waals surface area contributed by atoms with Gasteiger partial charge in [0, 0.05) is 36.7 Å². The first-order valence-electron chi connectivity index (χ1n) is 10.3. The summed E-state index contributed by atoms with van der Waals surface area (Å²) in [5, 5.41) is 10.7. The Morgan fingerprint density at radius 3 is 2.61 bits per heavy atom. The van der Waals surface area contributed by atoms with E-state index >= 15 is 0 Å². The van der Waals surface area contributed by atoms with E-state index in [1.165, 1.54) is 11.9 Å². The molecule has 1 saturated heterocycles. The summed E-state index contributed by atoms with van der Waals surface area (Å²) in [4.78, 5) is 24.5. The zero-order valence-electron chi connectivity index (χ0n) is 17.5. The van der Waals surface area contributed by atoms with Gasteiger partial charge in [0.25, 0.3) is 5.91 Å². The Hall–Kier alpha value is -2.29. The van der Waals surface area contributed by atoms with Crippen LogP contribution in [0.15, 0.2) is 59.8 Å². The second kappa shape index (κ2) is 9.89. The minimum Gasteiger partial charge on any atom is -0.390 e. The van der Waals surface area contributed by atoms with Crippen LogP contribution in [-0.2, 0) is 0 Å². The number of nitrogens with zero attached hydrogens (tertiary/aromatic N) is 3. The van der Waals surface area contributed by atoms with Crippen LogP contribution >= 0.6 is 23.7 Å². The number of fused-ring (bicyclic) bond motifs is 1. The Balaban J connectivity index is 1.34. The summed E-state index contributed by atoms with van der Waals surface area (Å²) < 4.78 is 3.32. The van der Waals surface area contributed by atoms with Gasteiger partial charge < -0.3 is 14.7 Å². The van der Waals surface area contributed by atoms with Crippen LogP contribution in [0.2, 0.25) is 0 Å². The summed E-state index contributed by atoms with van der Waals surface area (Å²) >= 11 is 3.22. The molecule has 162 valence electrons. The van der Waals surface area contributed by atoms with E-state index in [4.69, 9.17) is 0 Å². The van der Waals surface area contributed by atoms with Gasteiger partial charge in [-0.05, 0) is 79.6 Å². The number of hydrogen-bond donors (Lipinski definition) is 2. The fraction of sp³-hybridized carbons (Fsp3) is 0.348. The smallest absolute Gasteiger partial charge is 0.253 e. The van der Waals surface area contributed by atoms with Crippen LogP contribution in [0.3, 0.4) is 0 Å². The molecule has 0 saturated carbocycles. The molecule has 0 spiro atoms. The molecule has 0 unspecified atom stereocenters. The first-order chi connectivity index (χ1) is 15.1. The first kappa shape index (κ1) is 21.9. The summed E-state index contributed by atoms with van der Waals surface area (Å²) in [5.74, 6) is 0.970. The number of benzene rings is 2. The van der Waals surface area contributed by atoms with E-state index in [0.717, 1.165) is 33.8 Å². The molecular formula is C23H26N4O2S2. The second-order valence-electron chi connectivity index (χ2n) is 7.72. The Kier molecular flexibility index (Phi) is 6.99. The van der Waals surface area contributed by atoms with E-state index in [2.05, 4.69) is 20.9 Å². The molecule has 2 N–H and O–H groups in total. The van der Waals surface area contributed by atoms with Gasteiger partial charge in [0.1, 0.15) is 5.52 Å². The molecule has 1 aromatic heterocycles. The normalized spacial score (nSPS) is 15.7. The van der Waals surface area contributed by atoms with Gasteiger partial charge in [-0.15, -0.1) is 0 Å². The lowest BCUT2D eigenvalue weighted by atomic mass is 9.88. The van der Waals surface area contributed by atoms with Crippen molar-refractivity contribution in [1.29, 1.82) is 0 Å². The van der Waals surface area contributed by atoms with Gasteiger partial charge in [0.2, 0.25) is 0 Å². The highest BCUT2D eigenvalue weighted by atomic mass is 32.2. The van der Waals surface area contributed by atoms with Crippen molar-refractivity contribution >= 4 is 46.3 Å². The molecule has 1 fully saturated rings. The van der Waals surface area contributed by atoms with Gasteiger partial charge in [0.15, 0.2) is 0 Å². The number of hydrogen-bond acceptors (Lipinski definition) is 7. The summed E-state index contributed by atoms with van der Waals surface area (Å²) in [6.07, 6.45) is 7.50. The lowest BCUT2D eigenvalue weighted by molar-refractivity contribution is -0.0184. The highest BCUT2D eigenvalue weighted by molar-refractivity contribution is 8.00. The number of nitrogens with one attached hydrogen (secondary N) is 1. The van der Waals surface area contributed by atoms with Crippen LogP contribution in [0.1, 0.15) is 29.6 Å². The lowest BCUT2D eigenvalue weighted by Crippen LogP contribution is -2.46. The molecule has 1 amide bonds. The Bertz CT molecular complexity index is 1030. The number of aromatic nitrogens is 2. The number of thioether (sulfide) groups is 1. The van der Waals surface area contributed by atoms with E-state index in [1.54, 1.807) is 24.2 Å². The third-order valence-electron chi connectivity index (χ3n) is 5.63. The Labute approximate surface area is 191 Å². The molecule has 31 heavy (non-hydrogen) atoms. The van der Waals surface area contributed by atoms with Crippen molar-refractivity contribution in [3.63, 3.8) is 0 Å². The van der Waals surface area contributed by atoms with Gasteiger partial charge in [-0.25, -0.2) is 0 Å². The molecule has 1 aliphatic rings. The van der Waals surface area contributed by atoms with Crippen molar-refractivity contribution in [2.75, 3.05) is 29.8 Å². The largest absolute Gasteiger partial charge is 0.390 e. The number of anilines is 1. The third kappa shape index (κ3) is 5.31. The van der Waals surface area contributed by atoms with Crippen molar-refractivity contribution in [3.05, 3.63) is 60.4 Å². The Morgan fingerprint density at radius 1 is 1.13 bits per heavy atom. The maximum Gasteiger partial charge on any atom is 0.253 e.